The summed E-state index contributed by atoms with van der Waals surface area (Å²) in [5.74, 6) is 0. The quantitative estimate of drug-likeness (QED) is 0.682. The van der Waals surface area contributed by atoms with Gasteiger partial charge in [0.2, 0.25) is 0 Å². The van der Waals surface area contributed by atoms with Crippen LogP contribution >= 0.6 is 0 Å². The van der Waals surface area contributed by atoms with Crippen molar-refractivity contribution in [2.75, 3.05) is 18.4 Å². The van der Waals surface area contributed by atoms with Gasteiger partial charge in [-0.05, 0) is 43.1 Å². The maximum absolute atomic E-state index is 3.71. The number of H-pyrrole nitrogens is 1. The van der Waals surface area contributed by atoms with E-state index in [-0.39, 0.29) is 0 Å². The number of aromatic amines is 1. The van der Waals surface area contributed by atoms with Gasteiger partial charge in [0.1, 0.15) is 0 Å². The standard InChI is InChI=1S/C19H21N3/c1-2-6-14(7-3-1)19-12-16-17(9-4-10-18(16)22-19)21-15-8-5-11-20-13-15/h1-4,6-7,9-10,12,15,20-22H,5,8,11,13H2. The van der Waals surface area contributed by atoms with Crippen molar-refractivity contribution in [3.05, 3.63) is 54.6 Å². The Kier molecular flexibility index (Phi) is 3.57. The molecule has 1 saturated heterocycles. The molecule has 0 amide bonds. The molecule has 3 heteroatoms. The van der Waals surface area contributed by atoms with Crippen molar-refractivity contribution >= 4 is 16.6 Å². The van der Waals surface area contributed by atoms with E-state index in [1.807, 2.05) is 0 Å². The first-order chi connectivity index (χ1) is 10.9. The highest BCUT2D eigenvalue weighted by molar-refractivity contribution is 5.95. The highest BCUT2D eigenvalue weighted by Gasteiger charge is 2.14. The van der Waals surface area contributed by atoms with Crippen molar-refractivity contribution in [3.63, 3.8) is 0 Å². The van der Waals surface area contributed by atoms with Crippen LogP contribution < -0.4 is 10.6 Å². The molecule has 1 aromatic heterocycles. The van der Waals surface area contributed by atoms with Crippen molar-refractivity contribution in [2.45, 2.75) is 18.9 Å². The van der Waals surface area contributed by atoms with Crippen LogP contribution in [0.4, 0.5) is 5.69 Å². The Morgan fingerprint density at radius 2 is 1.91 bits per heavy atom. The minimum atomic E-state index is 0.523. The zero-order valence-corrected chi connectivity index (χ0v) is 12.6. The molecule has 0 radical (unpaired) electrons. The van der Waals surface area contributed by atoms with Crippen LogP contribution in [0, 0.1) is 0 Å². The molecule has 3 aromatic rings. The summed E-state index contributed by atoms with van der Waals surface area (Å²) in [5.41, 5.74) is 4.81. The summed E-state index contributed by atoms with van der Waals surface area (Å²) in [6.07, 6.45) is 2.48. The second-order valence-corrected chi connectivity index (χ2v) is 6.00. The van der Waals surface area contributed by atoms with Gasteiger partial charge in [0, 0.05) is 34.9 Å². The maximum Gasteiger partial charge on any atom is 0.0479 e. The lowest BCUT2D eigenvalue weighted by Crippen LogP contribution is -2.38. The molecule has 1 atom stereocenters. The molecule has 2 aromatic carbocycles. The van der Waals surface area contributed by atoms with Crippen molar-refractivity contribution < 1.29 is 0 Å². The molecule has 0 spiro atoms. The van der Waals surface area contributed by atoms with E-state index in [0.29, 0.717) is 6.04 Å². The van der Waals surface area contributed by atoms with E-state index in [4.69, 9.17) is 0 Å². The Hall–Kier alpha value is -2.26. The minimum absolute atomic E-state index is 0.523. The largest absolute Gasteiger partial charge is 0.380 e. The van der Waals surface area contributed by atoms with E-state index in [2.05, 4.69) is 70.2 Å². The van der Waals surface area contributed by atoms with Gasteiger partial charge in [-0.25, -0.2) is 0 Å². The third-order valence-electron chi connectivity index (χ3n) is 4.41. The van der Waals surface area contributed by atoms with Crippen molar-refractivity contribution in [1.82, 2.24) is 10.3 Å². The van der Waals surface area contributed by atoms with Crippen LogP contribution in [0.1, 0.15) is 12.8 Å². The molecule has 1 aliphatic rings. The third kappa shape index (κ3) is 2.60. The van der Waals surface area contributed by atoms with Crippen LogP contribution in [0.3, 0.4) is 0 Å². The van der Waals surface area contributed by atoms with Gasteiger partial charge < -0.3 is 15.6 Å². The smallest absolute Gasteiger partial charge is 0.0479 e. The number of nitrogens with one attached hydrogen (secondary N) is 3. The summed E-state index contributed by atoms with van der Waals surface area (Å²) in [6.45, 7) is 2.19. The fourth-order valence-electron chi connectivity index (χ4n) is 3.25. The molecule has 22 heavy (non-hydrogen) atoms. The van der Waals surface area contributed by atoms with Crippen LogP contribution in [0.15, 0.2) is 54.6 Å². The monoisotopic (exact) mass is 291 g/mol. The molecule has 2 heterocycles. The van der Waals surface area contributed by atoms with Gasteiger partial charge >= 0.3 is 0 Å². The highest BCUT2D eigenvalue weighted by Crippen LogP contribution is 2.29. The third-order valence-corrected chi connectivity index (χ3v) is 4.41. The molecule has 112 valence electrons. The van der Waals surface area contributed by atoms with Crippen LogP contribution in [0.25, 0.3) is 22.2 Å². The summed E-state index contributed by atoms with van der Waals surface area (Å²) in [4.78, 5) is 3.53. The van der Waals surface area contributed by atoms with Crippen molar-refractivity contribution in [3.8, 4) is 11.3 Å². The Morgan fingerprint density at radius 3 is 2.73 bits per heavy atom. The topological polar surface area (TPSA) is 39.8 Å². The van der Waals surface area contributed by atoms with Gasteiger partial charge in [-0.1, -0.05) is 36.4 Å². The van der Waals surface area contributed by atoms with E-state index >= 15 is 0 Å². The van der Waals surface area contributed by atoms with Crippen molar-refractivity contribution in [1.29, 1.82) is 0 Å². The summed E-state index contributed by atoms with van der Waals surface area (Å²) in [7, 11) is 0. The average molecular weight is 291 g/mol. The first-order valence-corrected chi connectivity index (χ1v) is 8.04. The van der Waals surface area contributed by atoms with Crippen molar-refractivity contribution in [2.24, 2.45) is 0 Å². The molecule has 4 rings (SSSR count). The van der Waals surface area contributed by atoms with E-state index in [1.165, 1.54) is 40.7 Å². The van der Waals surface area contributed by atoms with Gasteiger partial charge in [0.25, 0.3) is 0 Å². The lowest BCUT2D eigenvalue weighted by molar-refractivity contribution is 0.480. The SMILES string of the molecule is c1ccc(-c2cc3c(NC4CCCNC4)cccc3[nH]2)cc1. The number of fused-ring (bicyclic) bond motifs is 1. The Bertz CT molecular complexity index is 755. The molecule has 1 unspecified atom stereocenters. The normalized spacial score (nSPS) is 18.5. The highest BCUT2D eigenvalue weighted by atomic mass is 15.0. The van der Waals surface area contributed by atoms with Crippen LogP contribution in [-0.4, -0.2) is 24.1 Å². The summed E-state index contributed by atoms with van der Waals surface area (Å²) in [5, 5.41) is 8.44. The predicted molar refractivity (Wildman–Crippen MR) is 93.2 cm³/mol. The van der Waals surface area contributed by atoms with E-state index in [1.54, 1.807) is 0 Å². The fraction of sp³-hybridized carbons (Fsp3) is 0.263. The molecule has 3 nitrogen and oxygen atoms in total. The molecular weight excluding hydrogens is 270 g/mol. The first-order valence-electron chi connectivity index (χ1n) is 8.04. The van der Waals surface area contributed by atoms with Gasteiger partial charge in [-0.15, -0.1) is 0 Å². The van der Waals surface area contributed by atoms with Crippen LogP contribution in [-0.2, 0) is 0 Å². The number of hydrogen-bond donors (Lipinski definition) is 3. The molecule has 1 aliphatic heterocycles. The molecule has 1 fully saturated rings. The summed E-state index contributed by atoms with van der Waals surface area (Å²) >= 11 is 0. The van der Waals surface area contributed by atoms with Crippen LogP contribution in [0.5, 0.6) is 0 Å². The summed E-state index contributed by atoms with van der Waals surface area (Å²) in [6, 6.07) is 19.7. The van der Waals surface area contributed by atoms with E-state index in [9.17, 15) is 0 Å². The van der Waals surface area contributed by atoms with Gasteiger partial charge in [0.05, 0.1) is 0 Å². The fourth-order valence-corrected chi connectivity index (χ4v) is 3.25. The number of benzene rings is 2. The number of aromatic nitrogens is 1. The maximum atomic E-state index is 3.71. The second kappa shape index (κ2) is 5.85. The van der Waals surface area contributed by atoms with Gasteiger partial charge in [-0.2, -0.15) is 0 Å². The number of rotatable bonds is 3. The average Bonchev–Trinajstić information content (AvgIpc) is 3.02. The van der Waals surface area contributed by atoms with Gasteiger partial charge in [-0.3, -0.25) is 0 Å². The van der Waals surface area contributed by atoms with Gasteiger partial charge in [0.15, 0.2) is 0 Å². The Morgan fingerprint density at radius 1 is 1.00 bits per heavy atom. The first kappa shape index (κ1) is 13.4. The molecule has 0 bridgehead atoms. The number of anilines is 1. The molecule has 0 saturated carbocycles. The predicted octanol–water partition coefficient (Wildman–Crippen LogP) is 4.00. The van der Waals surface area contributed by atoms with E-state index < -0.39 is 0 Å². The Labute approximate surface area is 130 Å². The Balaban J connectivity index is 1.69. The number of hydrogen-bond acceptors (Lipinski definition) is 2. The zero-order valence-electron chi connectivity index (χ0n) is 12.6. The minimum Gasteiger partial charge on any atom is -0.380 e. The number of piperidine rings is 1. The van der Waals surface area contributed by atoms with E-state index in [0.717, 1.165) is 13.1 Å². The molecule has 3 N–H and O–H groups in total. The second-order valence-electron chi connectivity index (χ2n) is 6.00. The van der Waals surface area contributed by atoms with Crippen LogP contribution in [0.2, 0.25) is 0 Å². The molecule has 0 aliphatic carbocycles. The molecular formula is C19H21N3. The lowest BCUT2D eigenvalue weighted by atomic mass is 10.1. The summed E-state index contributed by atoms with van der Waals surface area (Å²) < 4.78 is 0. The lowest BCUT2D eigenvalue weighted by Gasteiger charge is -2.25. The zero-order chi connectivity index (χ0) is 14.8.